The summed E-state index contributed by atoms with van der Waals surface area (Å²) in [6, 6.07) is 0. The first-order valence-corrected chi connectivity index (χ1v) is 8.14. The molecular weight excluding hydrogens is 288 g/mol. The summed E-state index contributed by atoms with van der Waals surface area (Å²) in [7, 11) is -3.71. The van der Waals surface area contributed by atoms with Crippen molar-refractivity contribution in [2.75, 3.05) is 18.9 Å². The number of anilines is 1. The molecule has 0 aliphatic carbocycles. The predicted octanol–water partition coefficient (Wildman–Crippen LogP) is 0.681. The molecule has 0 amide bonds. The largest absolute Gasteiger partial charge is 0.381 e. The van der Waals surface area contributed by atoms with Crippen LogP contribution in [0.15, 0.2) is 16.6 Å². The zero-order valence-electron chi connectivity index (χ0n) is 10.7. The zero-order valence-corrected chi connectivity index (χ0v) is 12.3. The van der Waals surface area contributed by atoms with Gasteiger partial charge in [-0.05, 0) is 13.8 Å². The van der Waals surface area contributed by atoms with E-state index in [9.17, 15) is 8.42 Å². The molecule has 3 N–H and O–H groups in total. The van der Waals surface area contributed by atoms with Crippen LogP contribution in [0.25, 0.3) is 4.96 Å². The molecule has 0 spiro atoms. The highest BCUT2D eigenvalue weighted by Crippen LogP contribution is 2.22. The molecule has 0 saturated heterocycles. The third-order valence-electron chi connectivity index (χ3n) is 2.51. The minimum atomic E-state index is -3.71. The first-order valence-electron chi connectivity index (χ1n) is 5.78. The Kier molecular flexibility index (Phi) is 4.09. The van der Waals surface area contributed by atoms with Gasteiger partial charge >= 0.3 is 0 Å². The van der Waals surface area contributed by atoms with Gasteiger partial charge in [0.15, 0.2) is 15.8 Å². The summed E-state index contributed by atoms with van der Waals surface area (Å²) >= 11 is 1.33. The van der Waals surface area contributed by atoms with Crippen LogP contribution in [0, 0.1) is 0 Å². The molecule has 0 radical (unpaired) electrons. The number of aromatic nitrogens is 2. The lowest BCUT2D eigenvalue weighted by molar-refractivity contribution is 0.0799. The number of sulfonamides is 1. The number of thiazole rings is 1. The second-order valence-electron chi connectivity index (χ2n) is 3.98. The smallest absolute Gasteiger partial charge is 0.260 e. The number of hydrogen-bond acceptors (Lipinski definition) is 6. The molecule has 0 aliphatic heterocycles. The number of ether oxygens (including phenoxy) is 1. The number of nitrogens with one attached hydrogen (secondary N) is 1. The van der Waals surface area contributed by atoms with E-state index in [1.54, 1.807) is 18.5 Å². The number of nitrogens with zero attached hydrogens (tertiary/aromatic N) is 2. The van der Waals surface area contributed by atoms with E-state index in [1.807, 2.05) is 6.92 Å². The fourth-order valence-electron chi connectivity index (χ4n) is 1.69. The molecule has 2 heterocycles. The lowest BCUT2D eigenvalue weighted by Gasteiger charge is -2.12. The molecule has 19 heavy (non-hydrogen) atoms. The Balaban J connectivity index is 2.24. The van der Waals surface area contributed by atoms with Gasteiger partial charge in [0.2, 0.25) is 0 Å². The highest BCUT2D eigenvalue weighted by Gasteiger charge is 2.24. The number of hydrogen-bond donors (Lipinski definition) is 2. The van der Waals surface area contributed by atoms with Crippen LogP contribution in [-0.2, 0) is 14.8 Å². The van der Waals surface area contributed by atoms with E-state index in [0.717, 1.165) is 0 Å². The van der Waals surface area contributed by atoms with E-state index < -0.39 is 10.0 Å². The minimum Gasteiger partial charge on any atom is -0.381 e. The number of imidazole rings is 1. The maximum absolute atomic E-state index is 12.2. The lowest BCUT2D eigenvalue weighted by Crippen LogP contribution is -2.33. The molecule has 0 aliphatic rings. The summed E-state index contributed by atoms with van der Waals surface area (Å²) < 4.78 is 33.7. The van der Waals surface area contributed by atoms with Gasteiger partial charge in [0, 0.05) is 24.7 Å². The summed E-state index contributed by atoms with van der Waals surface area (Å²) in [4.78, 5) is 4.56. The van der Waals surface area contributed by atoms with Gasteiger partial charge in [-0.15, -0.1) is 11.3 Å². The third-order valence-corrected chi connectivity index (χ3v) is 4.73. The van der Waals surface area contributed by atoms with E-state index in [4.69, 9.17) is 10.5 Å². The first-order chi connectivity index (χ1) is 8.95. The highest BCUT2D eigenvalue weighted by molar-refractivity contribution is 7.89. The van der Waals surface area contributed by atoms with Crippen LogP contribution in [0.1, 0.15) is 13.8 Å². The summed E-state index contributed by atoms with van der Waals surface area (Å²) in [5.74, 6) is 0.00316. The van der Waals surface area contributed by atoms with Gasteiger partial charge in [-0.1, -0.05) is 0 Å². The van der Waals surface area contributed by atoms with Crippen molar-refractivity contribution in [2.24, 2.45) is 0 Å². The standard InChI is InChI=1S/C10H16N4O3S2/c1-3-17-7(2)6-12-19(15,16)9-8(11)13-10-14(9)4-5-18-10/h4-5,7,12H,3,6,11H2,1-2H3. The zero-order chi connectivity index (χ0) is 14.0. The van der Waals surface area contributed by atoms with Crippen LogP contribution in [0.5, 0.6) is 0 Å². The van der Waals surface area contributed by atoms with Crippen molar-refractivity contribution in [3.8, 4) is 0 Å². The molecule has 9 heteroatoms. The predicted molar refractivity (Wildman–Crippen MR) is 73.8 cm³/mol. The van der Waals surface area contributed by atoms with Crippen LogP contribution in [0.3, 0.4) is 0 Å². The second kappa shape index (κ2) is 5.45. The monoisotopic (exact) mass is 304 g/mol. The van der Waals surface area contributed by atoms with Crippen molar-refractivity contribution in [1.82, 2.24) is 14.1 Å². The molecule has 0 saturated carbocycles. The number of rotatable bonds is 6. The van der Waals surface area contributed by atoms with Gasteiger partial charge in [0.1, 0.15) is 0 Å². The Hall–Kier alpha value is -1.16. The molecule has 0 aromatic carbocycles. The van der Waals surface area contributed by atoms with Crippen molar-refractivity contribution in [2.45, 2.75) is 25.0 Å². The molecule has 1 unspecified atom stereocenters. The quantitative estimate of drug-likeness (QED) is 0.817. The van der Waals surface area contributed by atoms with Gasteiger partial charge in [-0.3, -0.25) is 4.40 Å². The third kappa shape index (κ3) is 2.89. The van der Waals surface area contributed by atoms with E-state index in [1.165, 1.54) is 15.7 Å². The van der Waals surface area contributed by atoms with Crippen LogP contribution in [-0.4, -0.2) is 37.1 Å². The van der Waals surface area contributed by atoms with Gasteiger partial charge in [-0.25, -0.2) is 18.1 Å². The van der Waals surface area contributed by atoms with Crippen molar-refractivity contribution in [3.05, 3.63) is 11.6 Å². The van der Waals surface area contributed by atoms with Crippen molar-refractivity contribution < 1.29 is 13.2 Å². The molecule has 106 valence electrons. The molecular formula is C10H16N4O3S2. The maximum Gasteiger partial charge on any atom is 0.260 e. The van der Waals surface area contributed by atoms with Crippen LogP contribution < -0.4 is 10.5 Å². The second-order valence-corrected chi connectivity index (χ2v) is 6.53. The summed E-state index contributed by atoms with van der Waals surface area (Å²) in [5, 5.41) is 1.73. The van der Waals surface area contributed by atoms with Gasteiger partial charge in [0.05, 0.1) is 6.10 Å². The van der Waals surface area contributed by atoms with Gasteiger partial charge in [-0.2, -0.15) is 0 Å². The Labute approximate surface area is 115 Å². The molecule has 2 rings (SSSR count). The van der Waals surface area contributed by atoms with Crippen LogP contribution in [0.2, 0.25) is 0 Å². The fraction of sp³-hybridized carbons (Fsp3) is 0.500. The molecule has 2 aromatic heterocycles. The van der Waals surface area contributed by atoms with E-state index in [-0.39, 0.29) is 23.5 Å². The summed E-state index contributed by atoms with van der Waals surface area (Å²) in [5.41, 5.74) is 5.67. The number of nitrogens with two attached hydrogens (primary N) is 1. The average molecular weight is 304 g/mol. The SMILES string of the molecule is CCOC(C)CNS(=O)(=O)c1c(N)nc2sccn12. The van der Waals surface area contributed by atoms with Crippen molar-refractivity contribution >= 4 is 32.1 Å². The average Bonchev–Trinajstić information content (AvgIpc) is 2.86. The summed E-state index contributed by atoms with van der Waals surface area (Å²) in [6.07, 6.45) is 1.43. The van der Waals surface area contributed by atoms with Gasteiger partial charge in [0.25, 0.3) is 10.0 Å². The Morgan fingerprint density at radius 2 is 2.37 bits per heavy atom. The number of nitrogen functional groups attached to an aromatic ring is 1. The van der Waals surface area contributed by atoms with Crippen LogP contribution >= 0.6 is 11.3 Å². The van der Waals surface area contributed by atoms with Crippen molar-refractivity contribution in [3.63, 3.8) is 0 Å². The minimum absolute atomic E-state index is 0.00316. The molecule has 0 bridgehead atoms. The maximum atomic E-state index is 12.2. The van der Waals surface area contributed by atoms with Crippen LogP contribution in [0.4, 0.5) is 5.82 Å². The van der Waals surface area contributed by atoms with Gasteiger partial charge < -0.3 is 10.5 Å². The van der Waals surface area contributed by atoms with E-state index in [0.29, 0.717) is 11.6 Å². The van der Waals surface area contributed by atoms with E-state index in [2.05, 4.69) is 9.71 Å². The van der Waals surface area contributed by atoms with Crippen molar-refractivity contribution in [1.29, 1.82) is 0 Å². The highest BCUT2D eigenvalue weighted by atomic mass is 32.2. The normalized spacial score (nSPS) is 14.0. The first kappa shape index (κ1) is 14.3. The Morgan fingerprint density at radius 1 is 1.63 bits per heavy atom. The molecule has 0 fully saturated rings. The number of fused-ring (bicyclic) bond motifs is 1. The topological polar surface area (TPSA) is 98.7 Å². The van der Waals surface area contributed by atoms with E-state index >= 15 is 0 Å². The Morgan fingerprint density at radius 3 is 3.05 bits per heavy atom. The molecule has 2 aromatic rings. The summed E-state index contributed by atoms with van der Waals surface area (Å²) in [6.45, 7) is 4.38. The molecule has 7 nitrogen and oxygen atoms in total. The molecule has 1 atom stereocenters. The Bertz CT molecular complexity index is 661. The fourth-order valence-corrected chi connectivity index (χ4v) is 3.78. The lowest BCUT2D eigenvalue weighted by atomic mass is 10.4.